The number of aromatic nitrogens is 1. The zero-order valence-electron chi connectivity index (χ0n) is 19.6. The monoisotopic (exact) mass is 472 g/mol. The largest absolute Gasteiger partial charge is 0.357 e. The van der Waals surface area contributed by atoms with Gasteiger partial charge >= 0.3 is 0 Å². The van der Waals surface area contributed by atoms with Gasteiger partial charge in [0.1, 0.15) is 21.8 Å². The predicted molar refractivity (Wildman–Crippen MR) is 136 cm³/mol. The van der Waals surface area contributed by atoms with Crippen molar-refractivity contribution in [1.29, 1.82) is 5.26 Å². The number of thioether (sulfide) groups is 1. The lowest BCUT2D eigenvalue weighted by atomic mass is 9.91. The maximum Gasteiger partial charge on any atom is 0.270 e. The third-order valence-corrected chi connectivity index (χ3v) is 7.59. The molecule has 0 bridgehead atoms. The fourth-order valence-corrected chi connectivity index (χ4v) is 6.11. The van der Waals surface area contributed by atoms with Crippen LogP contribution >= 0.6 is 24.0 Å². The van der Waals surface area contributed by atoms with Gasteiger partial charge in [0.25, 0.3) is 11.5 Å². The van der Waals surface area contributed by atoms with Crippen LogP contribution < -0.4 is 10.5 Å². The highest BCUT2D eigenvalue weighted by Gasteiger charge is 2.33. The molecule has 0 aliphatic carbocycles. The minimum Gasteiger partial charge on any atom is -0.357 e. The van der Waals surface area contributed by atoms with Crippen molar-refractivity contribution in [3.63, 3.8) is 0 Å². The van der Waals surface area contributed by atoms with Crippen molar-refractivity contribution in [1.82, 2.24) is 9.47 Å². The molecule has 0 aromatic carbocycles. The Morgan fingerprint density at radius 1 is 1.22 bits per heavy atom. The lowest BCUT2D eigenvalue weighted by Crippen LogP contribution is -2.43. The van der Waals surface area contributed by atoms with E-state index in [1.807, 2.05) is 19.9 Å². The summed E-state index contributed by atoms with van der Waals surface area (Å²) in [4.78, 5) is 30.7. The van der Waals surface area contributed by atoms with Crippen LogP contribution in [0.5, 0.6) is 0 Å². The molecule has 0 N–H and O–H groups in total. The van der Waals surface area contributed by atoms with Crippen LogP contribution in [0.25, 0.3) is 6.08 Å². The number of carbonyl (C=O) groups excluding carboxylic acids is 1. The highest BCUT2D eigenvalue weighted by Crippen LogP contribution is 2.37. The molecule has 1 aromatic heterocycles. The molecule has 0 spiro atoms. The Kier molecular flexibility index (Phi) is 7.84. The molecule has 3 rings (SSSR count). The summed E-state index contributed by atoms with van der Waals surface area (Å²) in [6.45, 7) is 13.0. The Hall–Kier alpha value is -2.11. The van der Waals surface area contributed by atoms with Crippen molar-refractivity contribution in [3.8, 4) is 6.07 Å². The number of nitriles is 1. The van der Waals surface area contributed by atoms with Crippen LogP contribution in [0.3, 0.4) is 0 Å². The van der Waals surface area contributed by atoms with Gasteiger partial charge in [0.15, 0.2) is 0 Å². The molecule has 1 amide bonds. The van der Waals surface area contributed by atoms with Crippen molar-refractivity contribution in [2.24, 2.45) is 11.8 Å². The molecule has 0 saturated carbocycles. The van der Waals surface area contributed by atoms with Crippen LogP contribution in [0.2, 0.25) is 0 Å². The summed E-state index contributed by atoms with van der Waals surface area (Å²) in [6.07, 6.45) is 4.79. The standard InChI is InChI=1S/C24H32N4O2S2/c1-6-8-9-28-21(26-13-15(3)10-16(4)14-26)18(17(5)19(12-25)22(28)29)11-20-23(30)27(7-2)24(31)32-20/h11,15-16H,6-10,13-14H2,1-5H3. The molecule has 32 heavy (non-hydrogen) atoms. The first-order valence-corrected chi connectivity index (χ1v) is 12.6. The van der Waals surface area contributed by atoms with E-state index >= 15 is 0 Å². The molecule has 0 radical (unpaired) electrons. The minimum atomic E-state index is -0.238. The summed E-state index contributed by atoms with van der Waals surface area (Å²) in [5, 5.41) is 9.80. The van der Waals surface area contributed by atoms with Crippen molar-refractivity contribution in [3.05, 3.63) is 31.9 Å². The molecule has 2 aliphatic rings. The van der Waals surface area contributed by atoms with Crippen molar-refractivity contribution in [2.45, 2.75) is 60.4 Å². The number of pyridine rings is 1. The summed E-state index contributed by atoms with van der Waals surface area (Å²) >= 11 is 6.68. The van der Waals surface area contributed by atoms with E-state index < -0.39 is 0 Å². The number of piperidine rings is 1. The van der Waals surface area contributed by atoms with Gasteiger partial charge in [-0.2, -0.15) is 5.26 Å². The Labute approximate surface area is 200 Å². The third kappa shape index (κ3) is 4.65. The fraction of sp³-hybridized carbons (Fsp3) is 0.583. The molecule has 2 fully saturated rings. The predicted octanol–water partition coefficient (Wildman–Crippen LogP) is 4.53. The summed E-state index contributed by atoms with van der Waals surface area (Å²) in [5.74, 6) is 1.71. The summed E-state index contributed by atoms with van der Waals surface area (Å²) in [6, 6.07) is 2.12. The molecule has 3 heterocycles. The average molecular weight is 473 g/mol. The van der Waals surface area contributed by atoms with Crippen LogP contribution in [0.15, 0.2) is 9.70 Å². The van der Waals surface area contributed by atoms with Gasteiger partial charge in [0, 0.05) is 31.7 Å². The minimum absolute atomic E-state index is 0.113. The molecule has 2 saturated heterocycles. The second-order valence-electron chi connectivity index (χ2n) is 8.94. The normalized spacial score (nSPS) is 22.7. The van der Waals surface area contributed by atoms with Crippen LogP contribution in [0.1, 0.15) is 63.6 Å². The molecule has 6 nitrogen and oxygen atoms in total. The highest BCUT2D eigenvalue weighted by molar-refractivity contribution is 8.26. The maximum absolute atomic E-state index is 13.3. The summed E-state index contributed by atoms with van der Waals surface area (Å²) in [5.41, 5.74) is 1.33. The second kappa shape index (κ2) is 10.2. The van der Waals surface area contributed by atoms with E-state index in [-0.39, 0.29) is 17.0 Å². The number of rotatable bonds is 6. The number of nitrogens with zero attached hydrogens (tertiary/aromatic N) is 4. The zero-order valence-corrected chi connectivity index (χ0v) is 21.2. The lowest BCUT2D eigenvalue weighted by molar-refractivity contribution is -0.121. The molecule has 2 atom stereocenters. The van der Waals surface area contributed by atoms with Gasteiger partial charge in [-0.15, -0.1) is 0 Å². The van der Waals surface area contributed by atoms with E-state index in [4.69, 9.17) is 12.2 Å². The van der Waals surface area contributed by atoms with Gasteiger partial charge < -0.3 is 4.90 Å². The Morgan fingerprint density at radius 2 is 1.88 bits per heavy atom. The smallest absolute Gasteiger partial charge is 0.270 e. The molecule has 172 valence electrons. The van der Waals surface area contributed by atoms with Gasteiger partial charge in [-0.1, -0.05) is 51.2 Å². The van der Waals surface area contributed by atoms with Gasteiger partial charge in [-0.3, -0.25) is 19.1 Å². The highest BCUT2D eigenvalue weighted by atomic mass is 32.2. The molecule has 2 aliphatic heterocycles. The Bertz CT molecular complexity index is 1040. The molecular weight excluding hydrogens is 440 g/mol. The average Bonchev–Trinajstić information content (AvgIpc) is 3.00. The topological polar surface area (TPSA) is 69.3 Å². The number of carbonyl (C=O) groups is 1. The van der Waals surface area contributed by atoms with E-state index in [0.29, 0.717) is 39.7 Å². The van der Waals surface area contributed by atoms with Crippen LogP contribution in [-0.2, 0) is 11.3 Å². The van der Waals surface area contributed by atoms with Gasteiger partial charge in [-0.25, -0.2) is 0 Å². The van der Waals surface area contributed by atoms with Gasteiger partial charge in [0.05, 0.1) is 4.91 Å². The Balaban J connectivity index is 2.28. The first-order chi connectivity index (χ1) is 15.2. The van der Waals surface area contributed by atoms with Crippen LogP contribution in [0, 0.1) is 30.1 Å². The molecular formula is C24H32N4O2S2. The number of unbranched alkanes of at least 4 members (excludes halogenated alkanes) is 1. The van der Waals surface area contributed by atoms with Crippen LogP contribution in [-0.4, -0.2) is 39.3 Å². The zero-order chi connectivity index (χ0) is 23.6. The molecule has 1 aromatic rings. The van der Waals surface area contributed by atoms with E-state index in [0.717, 1.165) is 43.7 Å². The number of hydrogen-bond acceptors (Lipinski definition) is 6. The maximum atomic E-state index is 13.3. The number of hydrogen-bond donors (Lipinski definition) is 0. The third-order valence-electron chi connectivity index (χ3n) is 6.22. The number of likely N-dealkylation sites (N-methyl/N-ethyl adjacent to an activating group) is 1. The number of thiocarbonyl (C=S) groups is 1. The van der Waals surface area contributed by atoms with E-state index in [1.165, 1.54) is 11.8 Å². The van der Waals surface area contributed by atoms with Crippen molar-refractivity contribution >= 4 is 46.1 Å². The van der Waals surface area contributed by atoms with Gasteiger partial charge in [-0.05, 0) is 50.2 Å². The Morgan fingerprint density at radius 3 is 2.41 bits per heavy atom. The molecule has 8 heteroatoms. The number of amides is 1. The van der Waals surface area contributed by atoms with E-state index in [9.17, 15) is 14.9 Å². The first kappa shape index (κ1) is 24.5. The van der Waals surface area contributed by atoms with Gasteiger partial charge in [0.2, 0.25) is 0 Å². The van der Waals surface area contributed by atoms with Crippen molar-refractivity contribution < 1.29 is 4.79 Å². The van der Waals surface area contributed by atoms with E-state index in [2.05, 4.69) is 31.7 Å². The van der Waals surface area contributed by atoms with Crippen molar-refractivity contribution in [2.75, 3.05) is 24.5 Å². The number of anilines is 1. The van der Waals surface area contributed by atoms with Crippen LogP contribution in [0.4, 0.5) is 5.82 Å². The quantitative estimate of drug-likeness (QED) is 0.447. The SMILES string of the molecule is CCCCn1c(N2CC(C)CC(C)C2)c(C=C2SC(=S)N(CC)C2=O)c(C)c(C#N)c1=O. The van der Waals surface area contributed by atoms with E-state index in [1.54, 1.807) is 9.47 Å². The first-order valence-electron chi connectivity index (χ1n) is 11.4. The lowest BCUT2D eigenvalue weighted by Gasteiger charge is -2.39. The second-order valence-corrected chi connectivity index (χ2v) is 10.6. The molecule has 2 unspecified atom stereocenters. The fourth-order valence-electron chi connectivity index (χ4n) is 4.75. The summed E-state index contributed by atoms with van der Waals surface area (Å²) < 4.78 is 2.31. The summed E-state index contributed by atoms with van der Waals surface area (Å²) in [7, 11) is 0.